The fourth-order valence-electron chi connectivity index (χ4n) is 8.64. The first kappa shape index (κ1) is 32.8. The van der Waals surface area contributed by atoms with Crippen LogP contribution in [0.1, 0.15) is 0 Å². The first-order chi connectivity index (χ1) is 28.7. The van der Waals surface area contributed by atoms with E-state index in [1.54, 1.807) is 0 Å². The molecule has 58 heavy (non-hydrogen) atoms. The summed E-state index contributed by atoms with van der Waals surface area (Å²) < 4.78 is 8.94. The van der Waals surface area contributed by atoms with Crippen molar-refractivity contribution in [2.45, 2.75) is 0 Å². The van der Waals surface area contributed by atoms with Crippen LogP contribution < -0.4 is 0 Å². The van der Waals surface area contributed by atoms with Crippen molar-refractivity contribution in [3.05, 3.63) is 194 Å². The number of rotatable bonds is 5. The minimum Gasteiger partial charge on any atom is -0.456 e. The van der Waals surface area contributed by atoms with Crippen LogP contribution in [0.15, 0.2) is 199 Å². The Balaban J connectivity index is 1.08. The number of hydrogen-bond acceptors (Lipinski definition) is 4. The molecule has 0 unspecified atom stereocenters. The van der Waals surface area contributed by atoms with Gasteiger partial charge in [-0.2, -0.15) is 0 Å². The molecule has 12 rings (SSSR count). The van der Waals surface area contributed by atoms with Gasteiger partial charge in [-0.15, -0.1) is 11.3 Å². The highest BCUT2D eigenvalue weighted by molar-refractivity contribution is 7.26. The molecule has 0 aliphatic heterocycles. The molecule has 0 spiro atoms. The molecule has 0 aliphatic rings. The van der Waals surface area contributed by atoms with Gasteiger partial charge in [0.25, 0.3) is 0 Å². The van der Waals surface area contributed by atoms with Crippen LogP contribution >= 0.6 is 11.3 Å². The van der Waals surface area contributed by atoms with E-state index in [2.05, 4.69) is 182 Å². The van der Waals surface area contributed by atoms with E-state index in [1.807, 2.05) is 23.5 Å². The average Bonchev–Trinajstić information content (AvgIpc) is 3.87. The van der Waals surface area contributed by atoms with Crippen molar-refractivity contribution in [3.8, 4) is 56.2 Å². The molecule has 4 heteroatoms. The van der Waals surface area contributed by atoms with Crippen molar-refractivity contribution < 1.29 is 4.42 Å². The zero-order valence-corrected chi connectivity index (χ0v) is 32.0. The van der Waals surface area contributed by atoms with Crippen LogP contribution in [0.2, 0.25) is 0 Å². The highest BCUT2D eigenvalue weighted by Crippen LogP contribution is 2.46. The predicted molar refractivity (Wildman–Crippen MR) is 244 cm³/mol. The predicted octanol–water partition coefficient (Wildman–Crippen LogP) is 15.4. The highest BCUT2D eigenvalue weighted by Gasteiger charge is 2.19. The second-order valence-corrected chi connectivity index (χ2v) is 15.9. The average molecular weight is 757 g/mol. The Kier molecular flexibility index (Phi) is 7.40. The quantitative estimate of drug-likeness (QED) is 0.176. The maximum atomic E-state index is 6.35. The van der Waals surface area contributed by atoms with Gasteiger partial charge in [-0.3, -0.25) is 0 Å². The molecular weight excluding hydrogens is 725 g/mol. The van der Waals surface area contributed by atoms with Crippen molar-refractivity contribution in [1.82, 2.24) is 9.97 Å². The van der Waals surface area contributed by atoms with Crippen LogP contribution in [-0.2, 0) is 0 Å². The number of benzene rings is 9. The molecule has 12 aromatic rings. The minimum atomic E-state index is 0.678. The smallest absolute Gasteiger partial charge is 0.160 e. The van der Waals surface area contributed by atoms with E-state index in [0.29, 0.717) is 5.82 Å². The Labute approximate surface area is 338 Å². The lowest BCUT2D eigenvalue weighted by molar-refractivity contribution is 0.669. The number of nitrogens with zero attached hydrogens (tertiary/aromatic N) is 2. The van der Waals surface area contributed by atoms with Crippen molar-refractivity contribution in [1.29, 1.82) is 0 Å². The van der Waals surface area contributed by atoms with Crippen LogP contribution in [0, 0.1) is 0 Å². The van der Waals surface area contributed by atoms with Gasteiger partial charge in [0.2, 0.25) is 0 Å². The summed E-state index contributed by atoms with van der Waals surface area (Å²) in [6.45, 7) is 0. The standard InChI is InChI=1S/C54H32N2OS/c1-2-13-34(14-3-1)41-19-10-20-44-45-21-11-22-46(53(45)58-52(41)44)47-30-39(29-36-16-6-7-17-40(36)47)49-32-48(37-26-27-43-42-18-8-9-23-50(42)57-51(43)31-37)55-54(56-49)38-25-24-33-12-4-5-15-35(33)28-38/h1-32H. The molecule has 0 fully saturated rings. The number of furan rings is 1. The highest BCUT2D eigenvalue weighted by atomic mass is 32.1. The molecule has 0 radical (unpaired) electrons. The summed E-state index contributed by atoms with van der Waals surface area (Å²) in [5, 5.41) is 9.46. The molecule has 0 N–H and O–H groups in total. The van der Waals surface area contributed by atoms with Gasteiger partial charge in [0.05, 0.1) is 11.4 Å². The first-order valence-electron chi connectivity index (χ1n) is 19.5. The molecule has 270 valence electrons. The van der Waals surface area contributed by atoms with E-state index < -0.39 is 0 Å². The zero-order chi connectivity index (χ0) is 38.2. The maximum Gasteiger partial charge on any atom is 0.160 e. The minimum absolute atomic E-state index is 0.678. The molecule has 3 aromatic heterocycles. The van der Waals surface area contributed by atoms with Crippen molar-refractivity contribution in [2.75, 3.05) is 0 Å². The third-order valence-electron chi connectivity index (χ3n) is 11.5. The van der Waals surface area contributed by atoms with Gasteiger partial charge >= 0.3 is 0 Å². The van der Waals surface area contributed by atoms with Crippen LogP contribution in [0.5, 0.6) is 0 Å². The number of thiophene rings is 1. The molecule has 0 saturated heterocycles. The molecule has 9 aromatic carbocycles. The Morgan fingerprint density at radius 1 is 0.328 bits per heavy atom. The summed E-state index contributed by atoms with van der Waals surface area (Å²) in [5.41, 5.74) is 11.3. The van der Waals surface area contributed by atoms with E-state index in [-0.39, 0.29) is 0 Å². The van der Waals surface area contributed by atoms with Crippen molar-refractivity contribution >= 4 is 75.0 Å². The van der Waals surface area contributed by atoms with Crippen LogP contribution in [-0.4, -0.2) is 9.97 Å². The van der Waals surface area contributed by atoms with E-state index in [1.165, 1.54) is 53.2 Å². The SMILES string of the molecule is c1ccc(-c2cccc3c2sc2c(-c4cc(-c5cc(-c6ccc7c(c6)oc6ccccc67)nc(-c6ccc7ccccc7c6)n5)cc5ccccc45)cccc23)cc1. The fraction of sp³-hybridized carbons (Fsp3) is 0. The maximum absolute atomic E-state index is 6.35. The Morgan fingerprint density at radius 3 is 1.79 bits per heavy atom. The van der Waals surface area contributed by atoms with Crippen molar-refractivity contribution in [3.63, 3.8) is 0 Å². The Morgan fingerprint density at radius 2 is 0.948 bits per heavy atom. The largest absolute Gasteiger partial charge is 0.456 e. The Hall–Kier alpha value is -7.40. The number of hydrogen-bond donors (Lipinski definition) is 0. The van der Waals surface area contributed by atoms with E-state index >= 15 is 0 Å². The summed E-state index contributed by atoms with van der Waals surface area (Å²) in [6, 6.07) is 69.1. The van der Waals surface area contributed by atoms with E-state index in [9.17, 15) is 0 Å². The van der Waals surface area contributed by atoms with Crippen LogP contribution in [0.4, 0.5) is 0 Å². The van der Waals surface area contributed by atoms with Gasteiger partial charge in [-0.25, -0.2) is 9.97 Å². The van der Waals surface area contributed by atoms with Gasteiger partial charge in [-0.05, 0) is 80.7 Å². The van der Waals surface area contributed by atoms with E-state index in [0.717, 1.165) is 60.8 Å². The normalized spacial score (nSPS) is 11.8. The van der Waals surface area contributed by atoms with Gasteiger partial charge in [0.1, 0.15) is 11.2 Å². The third-order valence-corrected chi connectivity index (χ3v) is 12.8. The number of para-hydroxylation sites is 1. The molecule has 0 saturated carbocycles. The topological polar surface area (TPSA) is 38.9 Å². The third kappa shape index (κ3) is 5.34. The summed E-state index contributed by atoms with van der Waals surface area (Å²) in [4.78, 5) is 10.6. The lowest BCUT2D eigenvalue weighted by Crippen LogP contribution is -1.96. The number of fused-ring (bicyclic) bond motifs is 8. The second kappa shape index (κ2) is 13.1. The summed E-state index contributed by atoms with van der Waals surface area (Å²) >= 11 is 1.88. The molecule has 0 amide bonds. The van der Waals surface area contributed by atoms with Gasteiger partial charge in [-0.1, -0.05) is 152 Å². The van der Waals surface area contributed by atoms with Crippen LogP contribution in [0.3, 0.4) is 0 Å². The summed E-state index contributed by atoms with van der Waals surface area (Å²) in [6.07, 6.45) is 0. The van der Waals surface area contributed by atoms with Gasteiger partial charge < -0.3 is 4.42 Å². The van der Waals surface area contributed by atoms with Crippen molar-refractivity contribution in [2.24, 2.45) is 0 Å². The molecule has 3 heterocycles. The monoisotopic (exact) mass is 756 g/mol. The second-order valence-electron chi connectivity index (χ2n) is 14.9. The lowest BCUT2D eigenvalue weighted by Gasteiger charge is -2.14. The summed E-state index contributed by atoms with van der Waals surface area (Å²) in [5.74, 6) is 0.678. The molecule has 0 atom stereocenters. The lowest BCUT2D eigenvalue weighted by atomic mass is 9.93. The van der Waals surface area contributed by atoms with E-state index in [4.69, 9.17) is 14.4 Å². The molecular formula is C54H32N2OS. The van der Waals surface area contributed by atoms with Gasteiger partial charge in [0.15, 0.2) is 5.82 Å². The fourth-order valence-corrected chi connectivity index (χ4v) is 10.0. The molecule has 0 bridgehead atoms. The summed E-state index contributed by atoms with van der Waals surface area (Å²) in [7, 11) is 0. The number of aromatic nitrogens is 2. The van der Waals surface area contributed by atoms with Crippen LogP contribution in [0.25, 0.3) is 120 Å². The molecule has 0 aliphatic carbocycles. The molecule has 3 nitrogen and oxygen atoms in total. The first-order valence-corrected chi connectivity index (χ1v) is 20.4. The Bertz CT molecular complexity index is 3580. The zero-order valence-electron chi connectivity index (χ0n) is 31.2. The van der Waals surface area contributed by atoms with Gasteiger partial charge in [0, 0.05) is 53.2 Å².